The van der Waals surface area contributed by atoms with Crippen molar-refractivity contribution in [3.63, 3.8) is 0 Å². The van der Waals surface area contributed by atoms with E-state index in [-0.39, 0.29) is 24.0 Å². The number of guanidine groups is 1. The average Bonchev–Trinajstić information content (AvgIpc) is 2.49. The fraction of sp³-hybridized carbons (Fsp3) is 0.947. The zero-order valence-electron chi connectivity index (χ0n) is 17.2. The topological polar surface area (TPSA) is 48.9 Å². The maximum absolute atomic E-state index is 5.28. The molecule has 0 heterocycles. The Bertz CT molecular complexity index is 362. The summed E-state index contributed by atoms with van der Waals surface area (Å²) in [5.74, 6) is 0.952. The minimum absolute atomic E-state index is 0. The number of aliphatic imine (C=N–C) groups is 1. The molecule has 0 radical (unpaired) electrons. The van der Waals surface area contributed by atoms with Crippen molar-refractivity contribution in [2.24, 2.45) is 10.4 Å². The fourth-order valence-electron chi connectivity index (χ4n) is 3.49. The van der Waals surface area contributed by atoms with Crippen molar-refractivity contribution < 1.29 is 4.74 Å². The predicted octanol–water partition coefficient (Wildman–Crippen LogP) is 3.49. The van der Waals surface area contributed by atoms with Crippen molar-refractivity contribution in [1.82, 2.24) is 15.5 Å². The molecule has 0 aliphatic heterocycles. The van der Waals surface area contributed by atoms with E-state index in [0.29, 0.717) is 17.5 Å². The van der Waals surface area contributed by atoms with Crippen molar-refractivity contribution in [1.29, 1.82) is 0 Å². The van der Waals surface area contributed by atoms with E-state index >= 15 is 0 Å². The van der Waals surface area contributed by atoms with E-state index in [2.05, 4.69) is 50.2 Å². The monoisotopic (exact) mass is 468 g/mol. The highest BCUT2D eigenvalue weighted by molar-refractivity contribution is 14.0. The lowest BCUT2D eigenvalue weighted by Crippen LogP contribution is -2.46. The Balaban J connectivity index is 0.00000576. The number of rotatable bonds is 11. The van der Waals surface area contributed by atoms with Crippen LogP contribution in [0.1, 0.15) is 60.3 Å². The first-order valence-electron chi connectivity index (χ1n) is 9.71. The van der Waals surface area contributed by atoms with E-state index in [9.17, 15) is 0 Å². The van der Waals surface area contributed by atoms with Crippen molar-refractivity contribution in [2.75, 3.05) is 39.9 Å². The van der Waals surface area contributed by atoms with E-state index in [1.54, 1.807) is 7.11 Å². The van der Waals surface area contributed by atoms with Crippen LogP contribution < -0.4 is 10.6 Å². The Hall–Kier alpha value is -0.0800. The molecule has 5 nitrogen and oxygen atoms in total. The maximum atomic E-state index is 5.28. The third-order valence-corrected chi connectivity index (χ3v) is 5.16. The molecule has 0 atom stereocenters. The van der Waals surface area contributed by atoms with Gasteiger partial charge in [-0.15, -0.1) is 24.0 Å². The third-order valence-electron chi connectivity index (χ3n) is 5.16. The quantitative estimate of drug-likeness (QED) is 0.277. The summed E-state index contributed by atoms with van der Waals surface area (Å²) in [5.41, 5.74) is 0.375. The van der Waals surface area contributed by atoms with Gasteiger partial charge in [0.05, 0.1) is 0 Å². The Morgan fingerprint density at radius 1 is 1.16 bits per heavy atom. The molecule has 0 saturated heterocycles. The van der Waals surface area contributed by atoms with Gasteiger partial charge in [0.2, 0.25) is 0 Å². The van der Waals surface area contributed by atoms with Gasteiger partial charge < -0.3 is 15.4 Å². The third kappa shape index (κ3) is 8.91. The van der Waals surface area contributed by atoms with E-state index in [0.717, 1.165) is 45.2 Å². The second kappa shape index (κ2) is 13.1. The van der Waals surface area contributed by atoms with Crippen molar-refractivity contribution >= 4 is 29.9 Å². The molecule has 0 aromatic carbocycles. The average molecular weight is 468 g/mol. The Kier molecular flexibility index (Phi) is 13.1. The molecule has 0 unspecified atom stereocenters. The number of halogens is 1. The van der Waals surface area contributed by atoms with Crippen LogP contribution >= 0.6 is 24.0 Å². The molecule has 0 spiro atoms. The van der Waals surface area contributed by atoms with Crippen LogP contribution in [0.15, 0.2) is 4.99 Å². The summed E-state index contributed by atoms with van der Waals surface area (Å²) in [5, 5.41) is 6.88. The summed E-state index contributed by atoms with van der Waals surface area (Å²) in [7, 11) is 1.79. The number of hydrogen-bond acceptors (Lipinski definition) is 3. The van der Waals surface area contributed by atoms with E-state index < -0.39 is 0 Å². The van der Waals surface area contributed by atoms with Crippen molar-refractivity contribution in [3.8, 4) is 0 Å². The van der Waals surface area contributed by atoms with Gasteiger partial charge in [-0.2, -0.15) is 0 Å². The standard InChI is InChI=1S/C19H40N4O.HI/c1-7-20-18(21-12-13-23(16(2)3)17(4)5)22-15-19(9-8-10-19)11-14-24-6;/h16-17H,7-15H2,1-6H3,(H2,20,21,22);1H. The lowest BCUT2D eigenvalue weighted by atomic mass is 9.67. The maximum Gasteiger partial charge on any atom is 0.191 e. The number of methoxy groups -OCH3 is 1. The van der Waals surface area contributed by atoms with Crippen molar-refractivity contribution in [2.45, 2.75) is 72.4 Å². The van der Waals surface area contributed by atoms with Crippen LogP contribution in [-0.4, -0.2) is 62.8 Å². The molecule has 1 aliphatic rings. The number of nitrogens with one attached hydrogen (secondary N) is 2. The highest BCUT2D eigenvalue weighted by atomic mass is 127. The Morgan fingerprint density at radius 3 is 2.24 bits per heavy atom. The second-order valence-electron chi connectivity index (χ2n) is 7.64. The second-order valence-corrected chi connectivity index (χ2v) is 7.64. The SMILES string of the molecule is CCNC(=NCC1(CCOC)CCC1)NCCN(C(C)C)C(C)C.I. The van der Waals surface area contributed by atoms with Crippen LogP contribution in [0.3, 0.4) is 0 Å². The van der Waals surface area contributed by atoms with Gasteiger partial charge in [-0.3, -0.25) is 9.89 Å². The largest absolute Gasteiger partial charge is 0.385 e. The summed E-state index contributed by atoms with van der Waals surface area (Å²) in [6.07, 6.45) is 5.03. The van der Waals surface area contributed by atoms with Gasteiger partial charge in [-0.05, 0) is 59.3 Å². The van der Waals surface area contributed by atoms with Gasteiger partial charge in [-0.1, -0.05) is 6.42 Å². The summed E-state index contributed by atoms with van der Waals surface area (Å²) in [4.78, 5) is 7.37. The number of ether oxygens (including phenoxy) is 1. The number of nitrogens with zero attached hydrogens (tertiary/aromatic N) is 2. The Labute approximate surface area is 172 Å². The number of hydrogen-bond donors (Lipinski definition) is 2. The zero-order chi connectivity index (χ0) is 18.0. The molecule has 0 amide bonds. The van der Waals surface area contributed by atoms with Gasteiger partial charge in [0.25, 0.3) is 0 Å². The van der Waals surface area contributed by atoms with Crippen LogP contribution in [0.2, 0.25) is 0 Å². The van der Waals surface area contributed by atoms with Gasteiger partial charge >= 0.3 is 0 Å². The lowest BCUT2D eigenvalue weighted by molar-refractivity contribution is 0.0778. The molecule has 0 aromatic rings. The molecule has 6 heteroatoms. The minimum Gasteiger partial charge on any atom is -0.385 e. The summed E-state index contributed by atoms with van der Waals surface area (Å²) in [6.45, 7) is 15.8. The summed E-state index contributed by atoms with van der Waals surface area (Å²) >= 11 is 0. The first-order valence-corrected chi connectivity index (χ1v) is 9.71. The van der Waals surface area contributed by atoms with Crippen molar-refractivity contribution in [3.05, 3.63) is 0 Å². The molecule has 150 valence electrons. The molecule has 1 saturated carbocycles. The van der Waals surface area contributed by atoms with Crippen LogP contribution in [0.4, 0.5) is 0 Å². The normalized spacial score (nSPS) is 16.8. The molecule has 1 fully saturated rings. The highest BCUT2D eigenvalue weighted by Crippen LogP contribution is 2.44. The first-order chi connectivity index (χ1) is 11.4. The molecular formula is C19H41IN4O. The van der Waals surface area contributed by atoms with Crippen LogP contribution in [0.5, 0.6) is 0 Å². The summed E-state index contributed by atoms with van der Waals surface area (Å²) in [6, 6.07) is 1.14. The van der Waals surface area contributed by atoms with E-state index in [4.69, 9.17) is 9.73 Å². The molecule has 1 rings (SSSR count). The predicted molar refractivity (Wildman–Crippen MR) is 119 cm³/mol. The lowest BCUT2D eigenvalue weighted by Gasteiger charge is -2.40. The molecule has 0 aromatic heterocycles. The Morgan fingerprint density at radius 2 is 1.80 bits per heavy atom. The zero-order valence-corrected chi connectivity index (χ0v) is 19.6. The summed E-state index contributed by atoms with van der Waals surface area (Å²) < 4.78 is 5.28. The van der Waals surface area contributed by atoms with Gasteiger partial charge in [0, 0.05) is 52.0 Å². The van der Waals surface area contributed by atoms with Gasteiger partial charge in [-0.25, -0.2) is 0 Å². The van der Waals surface area contributed by atoms with E-state index in [1.807, 2.05) is 0 Å². The molecule has 25 heavy (non-hydrogen) atoms. The fourth-order valence-corrected chi connectivity index (χ4v) is 3.49. The van der Waals surface area contributed by atoms with Gasteiger partial charge in [0.15, 0.2) is 5.96 Å². The highest BCUT2D eigenvalue weighted by Gasteiger charge is 2.36. The molecule has 2 N–H and O–H groups in total. The minimum atomic E-state index is 0. The van der Waals surface area contributed by atoms with Crippen LogP contribution in [0, 0.1) is 5.41 Å². The molecular weight excluding hydrogens is 427 g/mol. The van der Waals surface area contributed by atoms with E-state index in [1.165, 1.54) is 19.3 Å². The van der Waals surface area contributed by atoms with Crippen LogP contribution in [0.25, 0.3) is 0 Å². The molecule has 1 aliphatic carbocycles. The van der Waals surface area contributed by atoms with Gasteiger partial charge in [0.1, 0.15) is 0 Å². The molecule has 0 bridgehead atoms. The van der Waals surface area contributed by atoms with Crippen LogP contribution in [-0.2, 0) is 4.74 Å². The first kappa shape index (κ1) is 24.9. The smallest absolute Gasteiger partial charge is 0.191 e.